The predicted octanol–water partition coefficient (Wildman–Crippen LogP) is -1.90. The highest BCUT2D eigenvalue weighted by molar-refractivity contribution is 5.78. The first kappa shape index (κ1) is 29.6. The van der Waals surface area contributed by atoms with Crippen LogP contribution >= 0.6 is 0 Å². The smallest absolute Gasteiger partial charge is 0.206 e. The lowest BCUT2D eigenvalue weighted by Gasteiger charge is -2.28. The van der Waals surface area contributed by atoms with Crippen LogP contribution < -0.4 is 34.0 Å². The Morgan fingerprint density at radius 3 is 2.57 bits per heavy atom. The maximum absolute atomic E-state index is 10.6. The Bertz CT molecular complexity index is 1140. The highest BCUT2D eigenvalue weighted by atomic mass is 127. The second-order valence-corrected chi connectivity index (χ2v) is 9.83. The highest BCUT2D eigenvalue weighted by Crippen LogP contribution is 2.35. The molecule has 0 amide bonds. The normalized spacial score (nSPS) is 21.7. The van der Waals surface area contributed by atoms with Crippen LogP contribution in [0.3, 0.4) is 0 Å². The molecule has 0 bridgehead atoms. The van der Waals surface area contributed by atoms with E-state index < -0.39 is 31.1 Å². The van der Waals surface area contributed by atoms with Crippen molar-refractivity contribution in [1.82, 2.24) is 9.55 Å². The number of aliphatic hydroxyl groups excluding tert-OH is 4. The molecule has 2 heterocycles. The molecule has 0 aliphatic carbocycles. The van der Waals surface area contributed by atoms with Crippen molar-refractivity contribution in [2.75, 3.05) is 52.3 Å². The van der Waals surface area contributed by atoms with Crippen molar-refractivity contribution in [2.24, 2.45) is 0 Å². The summed E-state index contributed by atoms with van der Waals surface area (Å²) in [6, 6.07) is 15.3. The average molecular weight is 629 g/mol. The zero-order chi connectivity index (χ0) is 25.7. The van der Waals surface area contributed by atoms with Gasteiger partial charge in [0.2, 0.25) is 5.95 Å². The van der Waals surface area contributed by atoms with Crippen LogP contribution in [0.25, 0.3) is 11.0 Å². The molecule has 1 aliphatic heterocycles. The number of benzene rings is 2. The molecule has 3 aromatic rings. The molecule has 4 atom stereocenters. The number of hydrogen-bond donors (Lipinski definition) is 5. The number of nitrogens with zero attached hydrogens (tertiary/aromatic N) is 3. The molecule has 10 nitrogen and oxygen atoms in total. The largest absolute Gasteiger partial charge is 1.00 e. The van der Waals surface area contributed by atoms with Gasteiger partial charge in [0, 0.05) is 13.0 Å². The van der Waals surface area contributed by atoms with Gasteiger partial charge in [0.15, 0.2) is 6.23 Å². The van der Waals surface area contributed by atoms with Crippen LogP contribution in [0.5, 0.6) is 5.75 Å². The Balaban J connectivity index is 0.00000380. The van der Waals surface area contributed by atoms with Crippen molar-refractivity contribution in [3.05, 3.63) is 54.1 Å². The number of aromatic nitrogens is 2. The van der Waals surface area contributed by atoms with E-state index in [4.69, 9.17) is 14.6 Å². The zero-order valence-electron chi connectivity index (χ0n) is 21.2. The van der Waals surface area contributed by atoms with E-state index in [1.165, 1.54) is 0 Å². The van der Waals surface area contributed by atoms with Gasteiger partial charge in [0.05, 0.1) is 51.5 Å². The first-order valence-electron chi connectivity index (χ1n) is 12.3. The Morgan fingerprint density at radius 2 is 1.84 bits per heavy atom. The number of imidazole rings is 1. The zero-order valence-corrected chi connectivity index (χ0v) is 23.4. The number of quaternary nitrogens is 1. The lowest BCUT2D eigenvalue weighted by molar-refractivity contribution is -0.890. The van der Waals surface area contributed by atoms with Gasteiger partial charge in [-0.3, -0.25) is 4.57 Å². The second kappa shape index (κ2) is 13.2. The third-order valence-corrected chi connectivity index (χ3v) is 6.60. The summed E-state index contributed by atoms with van der Waals surface area (Å²) in [6.07, 6.45) is -3.30. The maximum Gasteiger partial charge on any atom is 0.206 e. The van der Waals surface area contributed by atoms with E-state index in [9.17, 15) is 15.3 Å². The third-order valence-electron chi connectivity index (χ3n) is 6.60. The number of fused-ring (bicyclic) bond motifs is 1. The molecule has 0 saturated carbocycles. The molecule has 5 N–H and O–H groups in total. The van der Waals surface area contributed by atoms with Gasteiger partial charge in [-0.2, -0.15) is 0 Å². The lowest BCUT2D eigenvalue weighted by Crippen LogP contribution is -3.00. The predicted molar refractivity (Wildman–Crippen MR) is 136 cm³/mol. The Labute approximate surface area is 234 Å². The number of nitrogens with one attached hydrogen (secondary N) is 1. The minimum atomic E-state index is -1.21. The molecule has 1 aromatic heterocycles. The molecule has 0 spiro atoms. The quantitative estimate of drug-likeness (QED) is 0.0895. The van der Waals surface area contributed by atoms with Crippen LogP contribution in [0.4, 0.5) is 5.95 Å². The van der Waals surface area contributed by atoms with E-state index in [2.05, 4.69) is 24.4 Å². The molecule has 11 heteroatoms. The minimum Gasteiger partial charge on any atom is -1.00 e. The Hall–Kier alpha value is -2.00. The van der Waals surface area contributed by atoms with E-state index in [0.29, 0.717) is 25.6 Å². The third kappa shape index (κ3) is 7.11. The molecule has 1 aliphatic rings. The van der Waals surface area contributed by atoms with Gasteiger partial charge in [-0.1, -0.05) is 24.3 Å². The molecule has 0 radical (unpaired) electrons. The molecular weight excluding hydrogens is 591 g/mol. The van der Waals surface area contributed by atoms with Crippen molar-refractivity contribution in [1.29, 1.82) is 0 Å². The summed E-state index contributed by atoms with van der Waals surface area (Å²) in [5.41, 5.74) is 2.45. The van der Waals surface area contributed by atoms with E-state index in [-0.39, 0.29) is 30.6 Å². The van der Waals surface area contributed by atoms with Gasteiger partial charge >= 0.3 is 0 Å². The SMILES string of the molecule is C[N+](C)(CCO)CCCOc1cccc(CNc2nc3ccccc3n2[C@@H]2O[C@H](CO)[C@@H](O)[C@H]2O)c1.[I-]. The fraction of sp³-hybridized carbons (Fsp3) is 0.500. The maximum atomic E-state index is 10.6. The summed E-state index contributed by atoms with van der Waals surface area (Å²) in [5, 5.41) is 42.9. The van der Waals surface area contributed by atoms with Crippen LogP contribution in [-0.2, 0) is 11.3 Å². The van der Waals surface area contributed by atoms with Gasteiger partial charge in [0.25, 0.3) is 0 Å². The van der Waals surface area contributed by atoms with E-state index in [0.717, 1.165) is 39.8 Å². The molecule has 0 unspecified atom stereocenters. The first-order chi connectivity index (χ1) is 17.3. The summed E-state index contributed by atoms with van der Waals surface area (Å²) in [5.74, 6) is 1.26. The van der Waals surface area contributed by atoms with Crippen LogP contribution in [0.2, 0.25) is 0 Å². The number of hydrogen-bond acceptors (Lipinski definition) is 8. The minimum absolute atomic E-state index is 0. The fourth-order valence-corrected chi connectivity index (χ4v) is 4.51. The number of halogens is 1. The fourth-order valence-electron chi connectivity index (χ4n) is 4.51. The van der Waals surface area contributed by atoms with Crippen molar-refractivity contribution in [3.63, 3.8) is 0 Å². The molecular formula is C26H37IN4O6. The molecule has 1 fully saturated rings. The molecule has 1 saturated heterocycles. The Morgan fingerprint density at radius 1 is 1.05 bits per heavy atom. The van der Waals surface area contributed by atoms with Crippen molar-refractivity contribution in [3.8, 4) is 5.75 Å². The van der Waals surface area contributed by atoms with Gasteiger partial charge in [-0.15, -0.1) is 0 Å². The van der Waals surface area contributed by atoms with Crippen LogP contribution in [-0.4, -0.2) is 99.8 Å². The van der Waals surface area contributed by atoms with E-state index in [1.807, 2.05) is 48.5 Å². The van der Waals surface area contributed by atoms with E-state index in [1.54, 1.807) is 4.57 Å². The Kier molecular flexibility index (Phi) is 10.5. The topological polar surface area (TPSA) is 129 Å². The standard InChI is InChI=1S/C26H37N4O6.HI/c1-30(2,12-13-31)11-6-14-35-19-8-5-7-18(15-19)16-27-26-28-20-9-3-4-10-21(20)29(26)25-24(34)23(33)22(17-32)36-25;/h3-5,7-10,15,22-25,31-34H,6,11-14,16-17H2,1-2H3,(H,27,28);1H/q+1;/p-1/t22-,23-,24-,25-;/m1./s1. The number of likely N-dealkylation sites (N-methyl/N-ethyl adjacent to an activating group) is 1. The van der Waals surface area contributed by atoms with Crippen molar-refractivity contribution in [2.45, 2.75) is 37.5 Å². The van der Waals surface area contributed by atoms with Crippen LogP contribution in [0.15, 0.2) is 48.5 Å². The second-order valence-electron chi connectivity index (χ2n) is 9.83. The number of anilines is 1. The summed E-state index contributed by atoms with van der Waals surface area (Å²) < 4.78 is 14.2. The number of ether oxygens (including phenoxy) is 2. The number of rotatable bonds is 12. The van der Waals surface area contributed by atoms with Crippen LogP contribution in [0, 0.1) is 0 Å². The summed E-state index contributed by atoms with van der Waals surface area (Å²) in [4.78, 5) is 4.67. The highest BCUT2D eigenvalue weighted by Gasteiger charge is 2.44. The molecule has 4 rings (SSSR count). The van der Waals surface area contributed by atoms with Crippen LogP contribution in [0.1, 0.15) is 18.2 Å². The van der Waals surface area contributed by atoms with Crippen molar-refractivity contribution < 1.29 is 58.4 Å². The summed E-state index contributed by atoms with van der Waals surface area (Å²) in [7, 11) is 4.19. The molecule has 204 valence electrons. The van der Waals surface area contributed by atoms with Crippen molar-refractivity contribution >= 4 is 17.0 Å². The molecule has 37 heavy (non-hydrogen) atoms. The average Bonchev–Trinajstić information content (AvgIpc) is 3.37. The summed E-state index contributed by atoms with van der Waals surface area (Å²) in [6.45, 7) is 2.45. The van der Waals surface area contributed by atoms with Gasteiger partial charge in [0.1, 0.15) is 30.6 Å². The first-order valence-corrected chi connectivity index (χ1v) is 12.3. The van der Waals surface area contributed by atoms with E-state index >= 15 is 0 Å². The monoisotopic (exact) mass is 628 g/mol. The van der Waals surface area contributed by atoms with Gasteiger partial charge in [-0.25, -0.2) is 4.98 Å². The summed E-state index contributed by atoms with van der Waals surface area (Å²) >= 11 is 0. The van der Waals surface area contributed by atoms with Gasteiger partial charge in [-0.05, 0) is 29.8 Å². The molecule has 2 aromatic carbocycles. The number of aliphatic hydroxyl groups is 4. The lowest BCUT2D eigenvalue weighted by atomic mass is 10.1. The van der Waals surface area contributed by atoms with Gasteiger partial charge < -0.3 is 63.7 Å². The number of para-hydroxylation sites is 2.